The lowest BCUT2D eigenvalue weighted by atomic mass is 10.2. The molecule has 3 N–H and O–H groups in total. The van der Waals surface area contributed by atoms with Crippen LogP contribution in [0.2, 0.25) is 5.02 Å². The summed E-state index contributed by atoms with van der Waals surface area (Å²) >= 11 is 5.74. The largest absolute Gasteiger partial charge is 0.508 e. The lowest BCUT2D eigenvalue weighted by molar-refractivity contribution is 0.252. The van der Waals surface area contributed by atoms with Crippen LogP contribution in [0.4, 0.5) is 10.5 Å². The zero-order chi connectivity index (χ0) is 14.4. The molecule has 2 amide bonds. The number of nitrogens with one attached hydrogen (secondary N) is 2. The molecular formula is C14H12ClN3O2. The standard InChI is InChI=1S/C14H12ClN3O2/c15-11-3-5-12(6-4-11)17-14(20)18-16-9-10-1-7-13(19)8-2-10/h1-9,19H,(H2,17,18,20)/b16-9-. The fourth-order valence-electron chi connectivity index (χ4n) is 1.42. The van der Waals surface area contributed by atoms with Crippen LogP contribution in [0.25, 0.3) is 0 Å². The van der Waals surface area contributed by atoms with Crippen LogP contribution >= 0.6 is 11.6 Å². The molecule has 6 heteroatoms. The third-order valence-corrected chi connectivity index (χ3v) is 2.63. The molecule has 0 aliphatic heterocycles. The third-order valence-electron chi connectivity index (χ3n) is 2.37. The summed E-state index contributed by atoms with van der Waals surface area (Å²) in [6, 6.07) is 12.7. The molecule has 0 unspecified atom stereocenters. The van der Waals surface area contributed by atoms with Gasteiger partial charge in [0.1, 0.15) is 5.75 Å². The molecule has 0 spiro atoms. The van der Waals surface area contributed by atoms with E-state index >= 15 is 0 Å². The second-order valence-corrected chi connectivity index (χ2v) is 4.36. The molecule has 0 saturated carbocycles. The summed E-state index contributed by atoms with van der Waals surface area (Å²) in [4.78, 5) is 11.5. The fourth-order valence-corrected chi connectivity index (χ4v) is 1.54. The van der Waals surface area contributed by atoms with E-state index in [2.05, 4.69) is 15.8 Å². The number of halogens is 1. The highest BCUT2D eigenvalue weighted by molar-refractivity contribution is 6.30. The first-order chi connectivity index (χ1) is 9.63. The Morgan fingerprint density at radius 1 is 1.10 bits per heavy atom. The van der Waals surface area contributed by atoms with E-state index in [9.17, 15) is 4.79 Å². The van der Waals surface area contributed by atoms with E-state index in [0.29, 0.717) is 10.7 Å². The number of carbonyl (C=O) groups excluding carboxylic acids is 1. The first-order valence-corrected chi connectivity index (χ1v) is 6.16. The van der Waals surface area contributed by atoms with Gasteiger partial charge in [-0.3, -0.25) is 0 Å². The molecule has 0 heterocycles. The number of phenols is 1. The van der Waals surface area contributed by atoms with Gasteiger partial charge in [0.05, 0.1) is 6.21 Å². The number of carbonyl (C=O) groups is 1. The summed E-state index contributed by atoms with van der Waals surface area (Å²) < 4.78 is 0. The quantitative estimate of drug-likeness (QED) is 0.599. The van der Waals surface area contributed by atoms with Gasteiger partial charge in [-0.1, -0.05) is 11.6 Å². The molecule has 0 bridgehead atoms. The lowest BCUT2D eigenvalue weighted by Gasteiger charge is -2.03. The predicted molar refractivity (Wildman–Crippen MR) is 79.3 cm³/mol. The van der Waals surface area contributed by atoms with Gasteiger partial charge in [0.25, 0.3) is 0 Å². The Morgan fingerprint density at radius 3 is 2.40 bits per heavy atom. The minimum Gasteiger partial charge on any atom is -0.508 e. The fraction of sp³-hybridized carbons (Fsp3) is 0. The first kappa shape index (κ1) is 13.9. The Morgan fingerprint density at radius 2 is 1.75 bits per heavy atom. The normalized spacial score (nSPS) is 10.4. The number of hydrogen-bond acceptors (Lipinski definition) is 3. The molecule has 2 aromatic carbocycles. The van der Waals surface area contributed by atoms with Gasteiger partial charge in [-0.15, -0.1) is 0 Å². The van der Waals surface area contributed by atoms with E-state index in [0.717, 1.165) is 5.56 Å². The van der Waals surface area contributed by atoms with Crippen molar-refractivity contribution in [1.82, 2.24) is 5.43 Å². The van der Waals surface area contributed by atoms with E-state index in [4.69, 9.17) is 16.7 Å². The predicted octanol–water partition coefficient (Wildman–Crippen LogP) is 3.20. The highest BCUT2D eigenvalue weighted by Crippen LogP contribution is 2.13. The van der Waals surface area contributed by atoms with Crippen molar-refractivity contribution in [2.75, 3.05) is 5.32 Å². The first-order valence-electron chi connectivity index (χ1n) is 5.78. The Labute approximate surface area is 120 Å². The average molecular weight is 290 g/mol. The van der Waals surface area contributed by atoms with Crippen LogP contribution in [-0.4, -0.2) is 17.4 Å². The molecule has 0 aromatic heterocycles. The molecule has 0 fully saturated rings. The van der Waals surface area contributed by atoms with Crippen molar-refractivity contribution >= 4 is 29.5 Å². The van der Waals surface area contributed by atoms with Gasteiger partial charge in [0, 0.05) is 10.7 Å². The molecule has 5 nitrogen and oxygen atoms in total. The number of nitrogens with zero attached hydrogens (tertiary/aromatic N) is 1. The van der Waals surface area contributed by atoms with Crippen molar-refractivity contribution in [2.24, 2.45) is 5.10 Å². The van der Waals surface area contributed by atoms with Crippen LogP contribution in [0, 0.1) is 0 Å². The van der Waals surface area contributed by atoms with Gasteiger partial charge in [-0.2, -0.15) is 5.10 Å². The van der Waals surface area contributed by atoms with Crippen molar-refractivity contribution in [1.29, 1.82) is 0 Å². The second-order valence-electron chi connectivity index (χ2n) is 3.92. The Kier molecular flexibility index (Phi) is 4.57. The smallest absolute Gasteiger partial charge is 0.339 e. The minimum absolute atomic E-state index is 0.176. The maximum Gasteiger partial charge on any atom is 0.339 e. The zero-order valence-corrected chi connectivity index (χ0v) is 11.1. The molecule has 0 atom stereocenters. The van der Waals surface area contributed by atoms with Crippen LogP contribution in [-0.2, 0) is 0 Å². The van der Waals surface area contributed by atoms with E-state index in [1.54, 1.807) is 36.4 Å². The van der Waals surface area contributed by atoms with Crippen LogP contribution in [0.5, 0.6) is 5.75 Å². The van der Waals surface area contributed by atoms with Gasteiger partial charge in [0.15, 0.2) is 0 Å². The van der Waals surface area contributed by atoms with Crippen molar-refractivity contribution in [2.45, 2.75) is 0 Å². The van der Waals surface area contributed by atoms with E-state index in [-0.39, 0.29) is 5.75 Å². The number of benzene rings is 2. The minimum atomic E-state index is -0.456. The number of urea groups is 1. The van der Waals surface area contributed by atoms with Crippen LogP contribution < -0.4 is 10.7 Å². The van der Waals surface area contributed by atoms with Gasteiger partial charge < -0.3 is 10.4 Å². The zero-order valence-electron chi connectivity index (χ0n) is 10.4. The molecule has 2 rings (SSSR count). The molecule has 102 valence electrons. The summed E-state index contributed by atoms with van der Waals surface area (Å²) in [5, 5.41) is 16.1. The van der Waals surface area contributed by atoms with E-state index in [1.807, 2.05) is 0 Å². The number of hydrazone groups is 1. The summed E-state index contributed by atoms with van der Waals surface area (Å²) in [5.74, 6) is 0.176. The number of phenolic OH excluding ortho intramolecular Hbond substituents is 1. The molecular weight excluding hydrogens is 278 g/mol. The summed E-state index contributed by atoms with van der Waals surface area (Å²) in [6.07, 6.45) is 1.47. The molecule has 0 aliphatic carbocycles. The van der Waals surface area contributed by atoms with Gasteiger partial charge in [-0.25, -0.2) is 10.2 Å². The maximum atomic E-state index is 11.5. The number of hydrogen-bond donors (Lipinski definition) is 3. The third kappa shape index (κ3) is 4.29. The highest BCUT2D eigenvalue weighted by Gasteiger charge is 1.99. The Balaban J connectivity index is 1.85. The number of amides is 2. The molecule has 20 heavy (non-hydrogen) atoms. The van der Waals surface area contributed by atoms with Crippen molar-refractivity contribution < 1.29 is 9.90 Å². The monoisotopic (exact) mass is 289 g/mol. The summed E-state index contributed by atoms with van der Waals surface area (Å²) in [6.45, 7) is 0. The molecule has 0 saturated heterocycles. The van der Waals surface area contributed by atoms with Gasteiger partial charge in [-0.05, 0) is 54.1 Å². The van der Waals surface area contributed by atoms with Crippen molar-refractivity contribution in [3.05, 3.63) is 59.1 Å². The second kappa shape index (κ2) is 6.58. The molecule has 0 radical (unpaired) electrons. The highest BCUT2D eigenvalue weighted by atomic mass is 35.5. The number of rotatable bonds is 3. The van der Waals surface area contributed by atoms with Gasteiger partial charge in [0.2, 0.25) is 0 Å². The number of aromatic hydroxyl groups is 1. The number of anilines is 1. The summed E-state index contributed by atoms with van der Waals surface area (Å²) in [5.41, 5.74) is 3.71. The van der Waals surface area contributed by atoms with Crippen LogP contribution in [0.15, 0.2) is 53.6 Å². The maximum absolute atomic E-state index is 11.5. The summed E-state index contributed by atoms with van der Waals surface area (Å²) in [7, 11) is 0. The van der Waals surface area contributed by atoms with Crippen LogP contribution in [0.3, 0.4) is 0 Å². The topological polar surface area (TPSA) is 73.7 Å². The van der Waals surface area contributed by atoms with Gasteiger partial charge >= 0.3 is 6.03 Å². The lowest BCUT2D eigenvalue weighted by Crippen LogP contribution is -2.24. The van der Waals surface area contributed by atoms with Crippen LogP contribution in [0.1, 0.15) is 5.56 Å². The molecule has 0 aliphatic rings. The SMILES string of the molecule is O=C(N/N=C\c1ccc(O)cc1)Nc1ccc(Cl)cc1. The Bertz CT molecular complexity index is 609. The molecule has 2 aromatic rings. The Hall–Kier alpha value is -2.53. The van der Waals surface area contributed by atoms with E-state index < -0.39 is 6.03 Å². The average Bonchev–Trinajstić information content (AvgIpc) is 2.44. The van der Waals surface area contributed by atoms with E-state index in [1.165, 1.54) is 18.3 Å². The van der Waals surface area contributed by atoms with Crippen molar-refractivity contribution in [3.8, 4) is 5.75 Å². The van der Waals surface area contributed by atoms with Crippen molar-refractivity contribution in [3.63, 3.8) is 0 Å².